The SMILES string of the molecule is CCn1cc([C@@H]2C[S@](=O)CCN2C(=O)c2ccc(F)cc2Br)cn1. The second-order valence-electron chi connectivity index (χ2n) is 5.58. The molecule has 1 aliphatic heterocycles. The number of hydrogen-bond acceptors (Lipinski definition) is 3. The van der Waals surface area contributed by atoms with E-state index in [1.807, 2.05) is 13.1 Å². The fourth-order valence-corrected chi connectivity index (χ4v) is 4.58. The summed E-state index contributed by atoms with van der Waals surface area (Å²) in [6.45, 7) is 3.11. The predicted octanol–water partition coefficient (Wildman–Crippen LogP) is 2.75. The largest absolute Gasteiger partial charge is 0.330 e. The van der Waals surface area contributed by atoms with Gasteiger partial charge in [-0.25, -0.2) is 4.39 Å². The minimum Gasteiger partial charge on any atom is -0.330 e. The maximum absolute atomic E-state index is 13.3. The summed E-state index contributed by atoms with van der Waals surface area (Å²) in [6.07, 6.45) is 3.60. The fraction of sp³-hybridized carbons (Fsp3) is 0.375. The molecule has 1 saturated heterocycles. The lowest BCUT2D eigenvalue weighted by Crippen LogP contribution is -2.44. The zero-order chi connectivity index (χ0) is 17.3. The number of aromatic nitrogens is 2. The first-order valence-electron chi connectivity index (χ1n) is 7.63. The normalized spacial score (nSPS) is 21.0. The second-order valence-corrected chi connectivity index (χ2v) is 8.05. The maximum Gasteiger partial charge on any atom is 0.255 e. The summed E-state index contributed by atoms with van der Waals surface area (Å²) < 4.78 is 27.5. The molecule has 2 atom stereocenters. The zero-order valence-corrected chi connectivity index (χ0v) is 15.5. The average Bonchev–Trinajstić information content (AvgIpc) is 3.03. The van der Waals surface area contributed by atoms with Crippen LogP contribution in [0.15, 0.2) is 35.1 Å². The average molecular weight is 414 g/mol. The summed E-state index contributed by atoms with van der Waals surface area (Å²) in [7, 11) is -0.969. The van der Waals surface area contributed by atoms with Crippen LogP contribution in [0.2, 0.25) is 0 Å². The predicted molar refractivity (Wildman–Crippen MR) is 93.7 cm³/mol. The number of carbonyl (C=O) groups excluding carboxylic acids is 1. The van der Waals surface area contributed by atoms with Crippen molar-refractivity contribution in [1.29, 1.82) is 0 Å². The molecule has 1 aliphatic rings. The van der Waals surface area contributed by atoms with Gasteiger partial charge in [0.15, 0.2) is 0 Å². The van der Waals surface area contributed by atoms with Gasteiger partial charge in [-0.2, -0.15) is 5.10 Å². The molecule has 3 rings (SSSR count). The number of amides is 1. The monoisotopic (exact) mass is 413 g/mol. The van der Waals surface area contributed by atoms with E-state index in [1.165, 1.54) is 18.2 Å². The van der Waals surface area contributed by atoms with Crippen molar-refractivity contribution < 1.29 is 13.4 Å². The van der Waals surface area contributed by atoms with Crippen molar-refractivity contribution in [2.45, 2.75) is 19.5 Å². The van der Waals surface area contributed by atoms with Crippen molar-refractivity contribution in [3.05, 3.63) is 52.0 Å². The molecule has 5 nitrogen and oxygen atoms in total. The second kappa shape index (κ2) is 7.14. The molecule has 0 aliphatic carbocycles. The smallest absolute Gasteiger partial charge is 0.255 e. The van der Waals surface area contributed by atoms with Gasteiger partial charge in [0.25, 0.3) is 5.91 Å². The van der Waals surface area contributed by atoms with Crippen molar-refractivity contribution in [2.75, 3.05) is 18.1 Å². The third-order valence-electron chi connectivity index (χ3n) is 4.06. The van der Waals surface area contributed by atoms with Crippen molar-refractivity contribution in [1.82, 2.24) is 14.7 Å². The van der Waals surface area contributed by atoms with E-state index in [9.17, 15) is 13.4 Å². The summed E-state index contributed by atoms with van der Waals surface area (Å²) in [5.74, 6) is 0.231. The molecule has 1 aromatic heterocycles. The first-order chi connectivity index (χ1) is 11.5. The highest BCUT2D eigenvalue weighted by atomic mass is 79.9. The molecule has 0 saturated carbocycles. The van der Waals surface area contributed by atoms with Crippen LogP contribution < -0.4 is 0 Å². The van der Waals surface area contributed by atoms with E-state index in [2.05, 4.69) is 21.0 Å². The molecular formula is C16H17BrFN3O2S. The van der Waals surface area contributed by atoms with Crippen LogP contribution >= 0.6 is 15.9 Å². The Morgan fingerprint density at radius 2 is 2.29 bits per heavy atom. The molecule has 1 amide bonds. The van der Waals surface area contributed by atoms with Crippen LogP contribution in [0, 0.1) is 5.82 Å². The highest BCUT2D eigenvalue weighted by Gasteiger charge is 2.33. The van der Waals surface area contributed by atoms with Crippen LogP contribution in [0.25, 0.3) is 0 Å². The number of carbonyl (C=O) groups is 1. The maximum atomic E-state index is 13.3. The first-order valence-corrected chi connectivity index (χ1v) is 9.91. The summed E-state index contributed by atoms with van der Waals surface area (Å²) >= 11 is 3.25. The van der Waals surface area contributed by atoms with E-state index < -0.39 is 16.6 Å². The van der Waals surface area contributed by atoms with Crippen molar-refractivity contribution >= 4 is 32.6 Å². The van der Waals surface area contributed by atoms with Gasteiger partial charge < -0.3 is 4.90 Å². The summed E-state index contributed by atoms with van der Waals surface area (Å²) in [5.41, 5.74) is 1.27. The first kappa shape index (κ1) is 17.3. The third kappa shape index (κ3) is 3.44. The molecule has 0 unspecified atom stereocenters. The Bertz CT molecular complexity index is 795. The fourth-order valence-electron chi connectivity index (χ4n) is 2.77. The van der Waals surface area contributed by atoms with Crippen molar-refractivity contribution in [3.8, 4) is 0 Å². The van der Waals surface area contributed by atoms with E-state index in [0.717, 1.165) is 12.1 Å². The summed E-state index contributed by atoms with van der Waals surface area (Å²) in [6, 6.07) is 3.73. The van der Waals surface area contributed by atoms with Crippen LogP contribution in [0.1, 0.15) is 28.9 Å². The van der Waals surface area contributed by atoms with Gasteiger partial charge in [-0.3, -0.25) is 13.7 Å². The Kier molecular flexibility index (Phi) is 5.15. The van der Waals surface area contributed by atoms with Crippen LogP contribution in [0.3, 0.4) is 0 Å². The Morgan fingerprint density at radius 3 is 2.96 bits per heavy atom. The van der Waals surface area contributed by atoms with Gasteiger partial charge >= 0.3 is 0 Å². The van der Waals surface area contributed by atoms with Gasteiger partial charge in [-0.05, 0) is 41.1 Å². The molecule has 0 N–H and O–H groups in total. The van der Waals surface area contributed by atoms with E-state index in [4.69, 9.17) is 0 Å². The molecular weight excluding hydrogens is 397 g/mol. The quantitative estimate of drug-likeness (QED) is 0.776. The molecule has 128 valence electrons. The number of aryl methyl sites for hydroxylation is 1. The summed E-state index contributed by atoms with van der Waals surface area (Å²) in [4.78, 5) is 14.7. The summed E-state index contributed by atoms with van der Waals surface area (Å²) in [5, 5.41) is 4.25. The van der Waals surface area contributed by atoms with E-state index >= 15 is 0 Å². The van der Waals surface area contributed by atoms with E-state index in [1.54, 1.807) is 15.8 Å². The number of benzene rings is 1. The highest BCUT2D eigenvalue weighted by Crippen LogP contribution is 2.29. The van der Waals surface area contributed by atoms with Crippen LogP contribution in [-0.2, 0) is 17.3 Å². The zero-order valence-electron chi connectivity index (χ0n) is 13.1. The van der Waals surface area contributed by atoms with Gasteiger partial charge in [-0.1, -0.05) is 0 Å². The molecule has 0 bridgehead atoms. The molecule has 2 aromatic rings. The van der Waals surface area contributed by atoms with Crippen LogP contribution in [-0.4, -0.2) is 42.8 Å². The standard InChI is InChI=1S/C16H17BrFN3O2S/c1-2-20-9-11(8-19-20)15-10-24(23)6-5-21(15)16(22)13-4-3-12(18)7-14(13)17/h3-4,7-9,15H,2,5-6,10H2,1H3/t15-,24+/m0/s1. The molecule has 0 spiro atoms. The molecule has 8 heteroatoms. The van der Waals surface area contributed by atoms with Crippen molar-refractivity contribution in [3.63, 3.8) is 0 Å². The molecule has 1 aromatic carbocycles. The Labute approximate surface area is 150 Å². The molecule has 1 fully saturated rings. The lowest BCUT2D eigenvalue weighted by molar-refractivity contribution is 0.0698. The van der Waals surface area contributed by atoms with E-state index in [0.29, 0.717) is 28.1 Å². The molecule has 2 heterocycles. The van der Waals surface area contributed by atoms with Gasteiger partial charge in [0.1, 0.15) is 5.82 Å². The number of nitrogens with zero attached hydrogens (tertiary/aromatic N) is 3. The van der Waals surface area contributed by atoms with Gasteiger partial charge in [0.05, 0.1) is 17.8 Å². The highest BCUT2D eigenvalue weighted by molar-refractivity contribution is 9.10. The topological polar surface area (TPSA) is 55.2 Å². The third-order valence-corrected chi connectivity index (χ3v) is 6.05. The number of halogens is 2. The Morgan fingerprint density at radius 1 is 1.50 bits per heavy atom. The van der Waals surface area contributed by atoms with Crippen LogP contribution in [0.4, 0.5) is 4.39 Å². The van der Waals surface area contributed by atoms with E-state index in [-0.39, 0.29) is 11.9 Å². The van der Waals surface area contributed by atoms with Crippen LogP contribution in [0.5, 0.6) is 0 Å². The minimum atomic E-state index is -0.969. The van der Waals surface area contributed by atoms with Gasteiger partial charge in [0, 0.05) is 51.6 Å². The minimum absolute atomic E-state index is 0.201. The van der Waals surface area contributed by atoms with Gasteiger partial charge in [0.2, 0.25) is 0 Å². The lowest BCUT2D eigenvalue weighted by atomic mass is 10.1. The lowest BCUT2D eigenvalue weighted by Gasteiger charge is -2.35. The Balaban J connectivity index is 1.93. The molecule has 24 heavy (non-hydrogen) atoms. The molecule has 0 radical (unpaired) electrons. The number of rotatable bonds is 3. The van der Waals surface area contributed by atoms with Gasteiger partial charge in [-0.15, -0.1) is 0 Å². The Hall–Kier alpha value is -1.54. The van der Waals surface area contributed by atoms with Crippen molar-refractivity contribution in [2.24, 2.45) is 0 Å². The number of hydrogen-bond donors (Lipinski definition) is 0.